The summed E-state index contributed by atoms with van der Waals surface area (Å²) >= 11 is 7.49. The van der Waals surface area contributed by atoms with Gasteiger partial charge in [-0.05, 0) is 55.3 Å². The fourth-order valence-electron chi connectivity index (χ4n) is 3.26. The van der Waals surface area contributed by atoms with Crippen LogP contribution in [0.3, 0.4) is 0 Å². The zero-order valence-corrected chi connectivity index (χ0v) is 20.8. The minimum atomic E-state index is -0.516. The number of phenols is 1. The molecule has 0 spiro atoms. The van der Waals surface area contributed by atoms with Crippen LogP contribution in [0.25, 0.3) is 0 Å². The van der Waals surface area contributed by atoms with E-state index in [9.17, 15) is 15.2 Å². The van der Waals surface area contributed by atoms with Crippen molar-refractivity contribution in [3.8, 4) is 5.75 Å². The summed E-state index contributed by atoms with van der Waals surface area (Å²) in [6.45, 7) is 5.60. The third-order valence-corrected chi connectivity index (χ3v) is 6.56. The van der Waals surface area contributed by atoms with Crippen molar-refractivity contribution in [2.75, 3.05) is 20.3 Å². The molecule has 7 nitrogen and oxygen atoms in total. The topological polar surface area (TPSA) is 88.2 Å². The van der Waals surface area contributed by atoms with Crippen molar-refractivity contribution in [1.82, 2.24) is 4.90 Å². The fraction of sp³-hybridized carbons (Fsp3) is 0.240. The van der Waals surface area contributed by atoms with Gasteiger partial charge in [-0.1, -0.05) is 53.2 Å². The first kappa shape index (κ1) is 25.6. The Morgan fingerprint density at radius 2 is 1.88 bits per heavy atom. The predicted octanol–water partition coefficient (Wildman–Crippen LogP) is 6.50. The summed E-state index contributed by atoms with van der Waals surface area (Å²) < 4.78 is 5.33. The monoisotopic (exact) mass is 499 g/mol. The second-order valence-electron chi connectivity index (χ2n) is 7.74. The van der Waals surface area contributed by atoms with Gasteiger partial charge in [0.25, 0.3) is 5.69 Å². The third-order valence-electron chi connectivity index (χ3n) is 5.03. The van der Waals surface area contributed by atoms with E-state index in [1.54, 1.807) is 25.3 Å². The van der Waals surface area contributed by atoms with Gasteiger partial charge in [-0.2, -0.15) is 0 Å². The molecule has 3 aromatic carbocycles. The number of nitro groups is 1. The van der Waals surface area contributed by atoms with Crippen molar-refractivity contribution in [3.63, 3.8) is 0 Å². The van der Waals surface area contributed by atoms with Crippen LogP contribution in [0.2, 0.25) is 5.02 Å². The molecule has 0 amide bonds. The van der Waals surface area contributed by atoms with E-state index < -0.39 is 4.92 Å². The molecular weight excluding hydrogens is 474 g/mol. The van der Waals surface area contributed by atoms with Crippen LogP contribution in [0, 0.1) is 24.0 Å². The van der Waals surface area contributed by atoms with E-state index in [1.165, 1.54) is 23.9 Å². The summed E-state index contributed by atoms with van der Waals surface area (Å²) in [7, 11) is 1.63. The largest absolute Gasteiger partial charge is 0.508 e. The molecule has 0 fully saturated rings. The number of aromatic hydroxyl groups is 1. The third kappa shape index (κ3) is 6.96. The van der Waals surface area contributed by atoms with Gasteiger partial charge in [0.05, 0.1) is 17.2 Å². The molecule has 0 aromatic heterocycles. The van der Waals surface area contributed by atoms with Gasteiger partial charge in [-0.15, -0.1) is 0 Å². The van der Waals surface area contributed by atoms with Crippen LogP contribution >= 0.6 is 23.4 Å². The minimum absolute atomic E-state index is 0.0628. The summed E-state index contributed by atoms with van der Waals surface area (Å²) in [4.78, 5) is 18.8. The Labute approximate surface area is 208 Å². The van der Waals surface area contributed by atoms with E-state index in [0.29, 0.717) is 30.6 Å². The van der Waals surface area contributed by atoms with E-state index in [1.807, 2.05) is 38.1 Å². The van der Waals surface area contributed by atoms with Gasteiger partial charge in [-0.25, -0.2) is 4.99 Å². The normalized spacial score (nSPS) is 11.5. The number of nitro benzene ring substituents is 1. The molecular formula is C25H26ClN3O4S. The molecule has 0 aliphatic rings. The van der Waals surface area contributed by atoms with Crippen LogP contribution in [0.5, 0.6) is 5.75 Å². The first-order chi connectivity index (χ1) is 16.3. The van der Waals surface area contributed by atoms with Crippen molar-refractivity contribution < 1.29 is 14.8 Å². The van der Waals surface area contributed by atoms with Crippen molar-refractivity contribution in [2.45, 2.75) is 25.3 Å². The Bertz CT molecular complexity index is 1190. The highest BCUT2D eigenvalue weighted by Crippen LogP contribution is 2.32. The molecule has 0 atom stereocenters. The maximum atomic E-state index is 11.4. The molecule has 0 radical (unpaired) electrons. The SMILES string of the molecule is COCCN(Cc1ccc(O)cc1)C(=Nc1ccc(Cl)c([N+](=O)[O-])c1)Sc1ccc(C)cc1C. The van der Waals surface area contributed by atoms with Gasteiger partial charge in [0, 0.05) is 31.2 Å². The number of phenolic OH excluding ortho intramolecular Hbond substituents is 1. The summed E-state index contributed by atoms with van der Waals surface area (Å²) in [6.07, 6.45) is 0. The molecule has 0 heterocycles. The molecule has 178 valence electrons. The second-order valence-corrected chi connectivity index (χ2v) is 9.16. The first-order valence-electron chi connectivity index (χ1n) is 10.6. The van der Waals surface area contributed by atoms with Gasteiger partial charge in [0.15, 0.2) is 5.17 Å². The van der Waals surface area contributed by atoms with E-state index in [2.05, 4.69) is 11.0 Å². The van der Waals surface area contributed by atoms with Gasteiger partial charge in [0.1, 0.15) is 10.8 Å². The number of rotatable bonds is 8. The molecule has 1 N–H and O–H groups in total. The zero-order valence-electron chi connectivity index (χ0n) is 19.2. The molecule has 0 bridgehead atoms. The number of halogens is 1. The number of benzene rings is 3. The van der Waals surface area contributed by atoms with Crippen LogP contribution in [0.4, 0.5) is 11.4 Å². The lowest BCUT2D eigenvalue weighted by Gasteiger charge is -2.26. The Morgan fingerprint density at radius 3 is 2.53 bits per heavy atom. The fourth-order valence-corrected chi connectivity index (χ4v) is 4.43. The maximum Gasteiger partial charge on any atom is 0.290 e. The molecule has 0 unspecified atom stereocenters. The van der Waals surface area contributed by atoms with E-state index in [-0.39, 0.29) is 16.5 Å². The highest BCUT2D eigenvalue weighted by molar-refractivity contribution is 8.13. The number of aliphatic imine (C=N–C) groups is 1. The Balaban J connectivity index is 2.06. The molecule has 9 heteroatoms. The molecule has 0 aliphatic heterocycles. The average Bonchev–Trinajstić information content (AvgIpc) is 2.80. The summed E-state index contributed by atoms with van der Waals surface area (Å²) in [5.74, 6) is 0.194. The summed E-state index contributed by atoms with van der Waals surface area (Å²) in [6, 6.07) is 17.7. The van der Waals surface area contributed by atoms with E-state index in [4.69, 9.17) is 21.3 Å². The number of thioether (sulfide) groups is 1. The Morgan fingerprint density at radius 1 is 1.15 bits per heavy atom. The van der Waals surface area contributed by atoms with Gasteiger partial charge >= 0.3 is 0 Å². The van der Waals surface area contributed by atoms with Crippen LogP contribution in [0.15, 0.2) is 70.6 Å². The summed E-state index contributed by atoms with van der Waals surface area (Å²) in [5, 5.41) is 21.8. The lowest BCUT2D eigenvalue weighted by molar-refractivity contribution is -0.384. The zero-order chi connectivity index (χ0) is 24.7. The van der Waals surface area contributed by atoms with Crippen LogP contribution in [-0.2, 0) is 11.3 Å². The quantitative estimate of drug-likeness (QED) is 0.125. The number of aryl methyl sites for hydroxylation is 2. The number of ether oxygens (including phenoxy) is 1. The first-order valence-corrected chi connectivity index (χ1v) is 11.8. The van der Waals surface area contributed by atoms with Crippen molar-refractivity contribution in [2.24, 2.45) is 4.99 Å². The molecule has 0 aliphatic carbocycles. The number of hydrogen-bond acceptors (Lipinski definition) is 6. The average molecular weight is 500 g/mol. The minimum Gasteiger partial charge on any atom is -0.508 e. The molecule has 0 saturated heterocycles. The van der Waals surface area contributed by atoms with Gasteiger partial charge in [-0.3, -0.25) is 10.1 Å². The van der Waals surface area contributed by atoms with Gasteiger partial charge in [0.2, 0.25) is 0 Å². The standard InChI is InChI=1S/C25H26ClN3O4S/c1-17-4-11-24(18(2)14-17)34-25(27-20-7-10-22(26)23(15-20)29(31)32)28(12-13-33-3)16-19-5-8-21(30)9-6-19/h4-11,14-15,30H,12-13,16H2,1-3H3. The highest BCUT2D eigenvalue weighted by atomic mass is 35.5. The molecule has 0 saturated carbocycles. The number of amidine groups is 1. The smallest absolute Gasteiger partial charge is 0.290 e. The lowest BCUT2D eigenvalue weighted by Crippen LogP contribution is -2.31. The molecule has 3 rings (SSSR count). The van der Waals surface area contributed by atoms with Crippen LogP contribution in [-0.4, -0.2) is 40.4 Å². The predicted molar refractivity (Wildman–Crippen MR) is 137 cm³/mol. The summed E-state index contributed by atoms with van der Waals surface area (Å²) in [5.41, 5.74) is 3.48. The molecule has 34 heavy (non-hydrogen) atoms. The number of nitrogens with zero attached hydrogens (tertiary/aromatic N) is 3. The number of hydrogen-bond donors (Lipinski definition) is 1. The lowest BCUT2D eigenvalue weighted by atomic mass is 10.2. The van der Waals surface area contributed by atoms with Crippen LogP contribution in [0.1, 0.15) is 16.7 Å². The van der Waals surface area contributed by atoms with Crippen molar-refractivity contribution >= 4 is 39.9 Å². The number of methoxy groups -OCH3 is 1. The highest BCUT2D eigenvalue weighted by Gasteiger charge is 2.18. The van der Waals surface area contributed by atoms with Crippen LogP contribution < -0.4 is 0 Å². The van der Waals surface area contributed by atoms with E-state index >= 15 is 0 Å². The maximum absolute atomic E-state index is 11.4. The van der Waals surface area contributed by atoms with Crippen molar-refractivity contribution in [1.29, 1.82) is 0 Å². The van der Waals surface area contributed by atoms with Gasteiger partial charge < -0.3 is 14.7 Å². The van der Waals surface area contributed by atoms with Crippen molar-refractivity contribution in [3.05, 3.63) is 92.5 Å². The Kier molecular flexibility index (Phi) is 8.92. The molecule has 3 aromatic rings. The van der Waals surface area contributed by atoms with E-state index in [0.717, 1.165) is 21.6 Å². The second kappa shape index (κ2) is 11.9. The Hall–Kier alpha value is -3.07.